The van der Waals surface area contributed by atoms with E-state index >= 15 is 0 Å². The number of hydrogen-bond acceptors (Lipinski definition) is 2. The molecular weight excluding hydrogens is 340 g/mol. The second-order valence-electron chi connectivity index (χ2n) is 6.67. The monoisotopic (exact) mass is 365 g/mol. The normalized spacial score (nSPS) is 13.2. The Morgan fingerprint density at radius 2 is 1.77 bits per heavy atom. The first-order valence-electron chi connectivity index (χ1n) is 8.87. The van der Waals surface area contributed by atoms with Gasteiger partial charge in [-0.25, -0.2) is 0 Å². The number of aryl methyl sites for hydroxylation is 1. The first-order chi connectivity index (χ1) is 12.6. The molecule has 0 aliphatic rings. The molecule has 0 spiro atoms. The van der Waals surface area contributed by atoms with Crippen LogP contribution in [0.1, 0.15) is 17.4 Å². The lowest BCUT2D eigenvalue weighted by atomic mass is 10.0. The van der Waals surface area contributed by atoms with Gasteiger partial charge in [0, 0.05) is 11.3 Å². The minimum atomic E-state index is -0.139. The summed E-state index contributed by atoms with van der Waals surface area (Å²) in [6.07, 6.45) is 0. The number of carbonyl (C=O) groups is 1. The molecule has 0 saturated carbocycles. The third kappa shape index (κ3) is 4.21. The first kappa shape index (κ1) is 18.4. The molecule has 1 aromatic heterocycles. The van der Waals surface area contributed by atoms with E-state index in [2.05, 4.69) is 42.9 Å². The average Bonchev–Trinajstić information content (AvgIpc) is 3.06. The summed E-state index contributed by atoms with van der Waals surface area (Å²) in [7, 11) is 2.08. The number of quaternary nitrogens is 1. The number of rotatable bonds is 6. The second-order valence-corrected chi connectivity index (χ2v) is 7.67. The lowest BCUT2D eigenvalue weighted by Crippen LogP contribution is -3.12. The van der Waals surface area contributed by atoms with Crippen LogP contribution in [-0.4, -0.2) is 19.0 Å². The van der Waals surface area contributed by atoms with Crippen molar-refractivity contribution in [2.75, 3.05) is 12.4 Å². The van der Waals surface area contributed by atoms with E-state index in [1.165, 1.54) is 15.3 Å². The van der Waals surface area contributed by atoms with Crippen molar-refractivity contribution < 1.29 is 9.69 Å². The van der Waals surface area contributed by atoms with Crippen molar-refractivity contribution in [3.05, 3.63) is 76.5 Å². The summed E-state index contributed by atoms with van der Waals surface area (Å²) >= 11 is 1.76. The SMILES string of the molecule is Cc1ccsc1C[NH+](C)[C@@H](C)C(=O)Nc1ccccc1-c1ccccc1. The van der Waals surface area contributed by atoms with Crippen molar-refractivity contribution in [3.8, 4) is 11.1 Å². The van der Waals surface area contributed by atoms with Crippen LogP contribution in [0.3, 0.4) is 0 Å². The van der Waals surface area contributed by atoms with Crippen LogP contribution >= 0.6 is 11.3 Å². The van der Waals surface area contributed by atoms with E-state index < -0.39 is 0 Å². The van der Waals surface area contributed by atoms with Gasteiger partial charge >= 0.3 is 0 Å². The van der Waals surface area contributed by atoms with Crippen molar-refractivity contribution in [1.82, 2.24) is 0 Å². The molecule has 0 aliphatic heterocycles. The quantitative estimate of drug-likeness (QED) is 0.685. The molecule has 2 N–H and O–H groups in total. The van der Waals surface area contributed by atoms with Gasteiger partial charge < -0.3 is 10.2 Å². The average molecular weight is 366 g/mol. The number of nitrogens with one attached hydrogen (secondary N) is 2. The summed E-state index contributed by atoms with van der Waals surface area (Å²) in [4.78, 5) is 15.3. The zero-order valence-electron chi connectivity index (χ0n) is 15.5. The Balaban J connectivity index is 1.73. The highest BCUT2D eigenvalue weighted by Crippen LogP contribution is 2.27. The minimum absolute atomic E-state index is 0.0418. The van der Waals surface area contributed by atoms with E-state index in [1.807, 2.05) is 49.4 Å². The summed E-state index contributed by atoms with van der Waals surface area (Å²) in [6, 6.07) is 20.1. The Morgan fingerprint density at radius 3 is 2.46 bits per heavy atom. The molecule has 134 valence electrons. The molecule has 2 aromatic carbocycles. The maximum absolute atomic E-state index is 12.8. The van der Waals surface area contributed by atoms with Crippen molar-refractivity contribution in [2.24, 2.45) is 0 Å². The minimum Gasteiger partial charge on any atom is -0.323 e. The van der Waals surface area contributed by atoms with Gasteiger partial charge in [-0.05, 0) is 42.5 Å². The summed E-state index contributed by atoms with van der Waals surface area (Å²) in [5.74, 6) is 0.0418. The largest absolute Gasteiger partial charge is 0.323 e. The van der Waals surface area contributed by atoms with Crippen molar-refractivity contribution in [2.45, 2.75) is 26.4 Å². The number of anilines is 1. The van der Waals surface area contributed by atoms with Crippen LogP contribution in [0.15, 0.2) is 66.0 Å². The molecule has 0 bridgehead atoms. The van der Waals surface area contributed by atoms with Gasteiger partial charge in [0.05, 0.1) is 11.9 Å². The molecule has 26 heavy (non-hydrogen) atoms. The summed E-state index contributed by atoms with van der Waals surface area (Å²) in [6.45, 7) is 4.97. The zero-order valence-corrected chi connectivity index (χ0v) is 16.3. The van der Waals surface area contributed by atoms with Gasteiger partial charge in [0.25, 0.3) is 5.91 Å². The summed E-state index contributed by atoms with van der Waals surface area (Å²) < 4.78 is 0. The highest BCUT2D eigenvalue weighted by molar-refractivity contribution is 7.10. The molecule has 3 nitrogen and oxygen atoms in total. The molecule has 1 heterocycles. The fraction of sp³-hybridized carbons (Fsp3) is 0.227. The zero-order chi connectivity index (χ0) is 18.5. The number of likely N-dealkylation sites (N-methyl/N-ethyl adjacent to an activating group) is 1. The number of benzene rings is 2. The molecule has 2 atom stereocenters. The van der Waals surface area contributed by atoms with E-state index in [0.717, 1.165) is 23.4 Å². The van der Waals surface area contributed by atoms with E-state index in [0.29, 0.717) is 0 Å². The van der Waals surface area contributed by atoms with E-state index in [1.54, 1.807) is 11.3 Å². The Labute approximate surface area is 159 Å². The number of thiophene rings is 1. The van der Waals surface area contributed by atoms with E-state index in [-0.39, 0.29) is 11.9 Å². The fourth-order valence-electron chi connectivity index (χ4n) is 2.92. The molecule has 0 radical (unpaired) electrons. The lowest BCUT2D eigenvalue weighted by molar-refractivity contribution is -0.907. The molecule has 3 rings (SSSR count). The number of amides is 1. The molecule has 0 fully saturated rings. The number of hydrogen-bond donors (Lipinski definition) is 2. The molecule has 4 heteroatoms. The predicted octanol–water partition coefficient (Wildman–Crippen LogP) is 3.77. The van der Waals surface area contributed by atoms with Crippen LogP contribution in [-0.2, 0) is 11.3 Å². The van der Waals surface area contributed by atoms with Gasteiger partial charge in [-0.3, -0.25) is 4.79 Å². The van der Waals surface area contributed by atoms with Crippen LogP contribution < -0.4 is 10.2 Å². The molecule has 3 aromatic rings. The van der Waals surface area contributed by atoms with Crippen LogP contribution in [0.2, 0.25) is 0 Å². The van der Waals surface area contributed by atoms with E-state index in [9.17, 15) is 4.79 Å². The summed E-state index contributed by atoms with van der Waals surface area (Å²) in [5.41, 5.74) is 4.30. The highest BCUT2D eigenvalue weighted by Gasteiger charge is 2.23. The maximum atomic E-state index is 12.8. The smallest absolute Gasteiger partial charge is 0.282 e. The number of para-hydroxylation sites is 1. The molecule has 1 amide bonds. The Morgan fingerprint density at radius 1 is 1.08 bits per heavy atom. The molecule has 0 aliphatic carbocycles. The topological polar surface area (TPSA) is 33.5 Å². The highest BCUT2D eigenvalue weighted by atomic mass is 32.1. The van der Waals surface area contributed by atoms with Gasteiger partial charge in [0.2, 0.25) is 0 Å². The Bertz CT molecular complexity index is 873. The fourth-order valence-corrected chi connectivity index (χ4v) is 3.92. The Kier molecular flexibility index (Phi) is 5.86. The molecule has 0 saturated heterocycles. The molecular formula is C22H25N2OS+. The van der Waals surface area contributed by atoms with Crippen LogP contribution in [0, 0.1) is 6.92 Å². The second kappa shape index (κ2) is 8.30. The van der Waals surface area contributed by atoms with Gasteiger partial charge in [-0.15, -0.1) is 11.3 Å². The predicted molar refractivity (Wildman–Crippen MR) is 110 cm³/mol. The summed E-state index contributed by atoms with van der Waals surface area (Å²) in [5, 5.41) is 5.24. The van der Waals surface area contributed by atoms with Crippen molar-refractivity contribution in [1.29, 1.82) is 0 Å². The van der Waals surface area contributed by atoms with Crippen molar-refractivity contribution >= 4 is 22.9 Å². The lowest BCUT2D eigenvalue weighted by Gasteiger charge is -2.21. The van der Waals surface area contributed by atoms with Crippen LogP contribution in [0.4, 0.5) is 5.69 Å². The molecule has 1 unspecified atom stereocenters. The van der Waals surface area contributed by atoms with Gasteiger partial charge in [-0.1, -0.05) is 48.5 Å². The van der Waals surface area contributed by atoms with Gasteiger partial charge in [-0.2, -0.15) is 0 Å². The third-order valence-electron chi connectivity index (χ3n) is 4.81. The van der Waals surface area contributed by atoms with Gasteiger partial charge in [0.1, 0.15) is 6.54 Å². The van der Waals surface area contributed by atoms with Crippen molar-refractivity contribution in [3.63, 3.8) is 0 Å². The first-order valence-corrected chi connectivity index (χ1v) is 9.75. The number of carbonyl (C=O) groups excluding carboxylic acids is 1. The standard InChI is InChI=1S/C22H24N2OS/c1-16-13-14-26-21(16)15-24(3)17(2)22(25)23-20-12-8-7-11-19(20)18-9-5-4-6-10-18/h4-14,17H,15H2,1-3H3,(H,23,25)/p+1/t17-/m0/s1. The third-order valence-corrected chi connectivity index (χ3v) is 5.83. The van der Waals surface area contributed by atoms with E-state index in [4.69, 9.17) is 0 Å². The van der Waals surface area contributed by atoms with Crippen LogP contribution in [0.5, 0.6) is 0 Å². The van der Waals surface area contributed by atoms with Gasteiger partial charge in [0.15, 0.2) is 6.04 Å². The maximum Gasteiger partial charge on any atom is 0.282 e. The Hall–Kier alpha value is -2.43. The van der Waals surface area contributed by atoms with Crippen LogP contribution in [0.25, 0.3) is 11.1 Å².